The van der Waals surface area contributed by atoms with E-state index in [2.05, 4.69) is 34.6 Å². The zero-order valence-corrected chi connectivity index (χ0v) is 18.4. The van der Waals surface area contributed by atoms with E-state index in [-0.39, 0.29) is 23.8 Å². The number of fused-ring (bicyclic) bond motifs is 2. The largest absolute Gasteiger partial charge is 0.384 e. The molecule has 0 aliphatic heterocycles. The van der Waals surface area contributed by atoms with Gasteiger partial charge in [0.2, 0.25) is 0 Å². The van der Waals surface area contributed by atoms with Crippen LogP contribution in [-0.2, 0) is 6.54 Å². The number of carbonyl (C=O) groups is 1. The first-order chi connectivity index (χ1) is 16.0. The predicted molar refractivity (Wildman–Crippen MR) is 131 cm³/mol. The molecule has 1 saturated carbocycles. The average molecular weight is 441 g/mol. The lowest BCUT2D eigenvalue weighted by Gasteiger charge is -2.26. The molecule has 33 heavy (non-hydrogen) atoms. The van der Waals surface area contributed by atoms with Crippen LogP contribution < -0.4 is 16.8 Å². The van der Waals surface area contributed by atoms with Gasteiger partial charge in [0.15, 0.2) is 5.82 Å². The van der Waals surface area contributed by atoms with E-state index >= 15 is 0 Å². The molecule has 7 nitrogen and oxygen atoms in total. The molecule has 5 rings (SSSR count). The second-order valence-electron chi connectivity index (χ2n) is 8.86. The van der Waals surface area contributed by atoms with Crippen LogP contribution in [0.4, 0.5) is 0 Å². The number of hydrogen-bond donors (Lipinski definition) is 4. The van der Waals surface area contributed by atoms with Crippen LogP contribution >= 0.6 is 0 Å². The Morgan fingerprint density at radius 1 is 1.06 bits per heavy atom. The van der Waals surface area contributed by atoms with E-state index in [9.17, 15) is 4.79 Å². The summed E-state index contributed by atoms with van der Waals surface area (Å²) in [6, 6.07) is 20.2. The molecule has 0 bridgehead atoms. The summed E-state index contributed by atoms with van der Waals surface area (Å²) < 4.78 is 1.94. The SMILES string of the molecule is N=C(N)c1ccc2nc(C(=O)N[C@H]3CC[C@H](N)CC3)n(Cc3cccc4ccccc34)c2c1. The fourth-order valence-electron chi connectivity index (χ4n) is 4.74. The van der Waals surface area contributed by atoms with Crippen molar-refractivity contribution in [3.05, 3.63) is 77.6 Å². The summed E-state index contributed by atoms with van der Waals surface area (Å²) in [5, 5.41) is 13.3. The number of benzene rings is 3. The van der Waals surface area contributed by atoms with E-state index in [4.69, 9.17) is 16.9 Å². The van der Waals surface area contributed by atoms with Crippen molar-refractivity contribution in [1.82, 2.24) is 14.9 Å². The minimum absolute atomic E-state index is 0.0145. The second-order valence-corrected chi connectivity index (χ2v) is 8.86. The third-order valence-corrected chi connectivity index (χ3v) is 6.58. The van der Waals surface area contributed by atoms with E-state index in [1.165, 1.54) is 0 Å². The Morgan fingerprint density at radius 3 is 2.61 bits per heavy atom. The van der Waals surface area contributed by atoms with Crippen LogP contribution in [0.5, 0.6) is 0 Å². The summed E-state index contributed by atoms with van der Waals surface area (Å²) in [4.78, 5) is 18.0. The number of aromatic nitrogens is 2. The summed E-state index contributed by atoms with van der Waals surface area (Å²) in [6.45, 7) is 0.484. The molecule has 0 unspecified atom stereocenters. The first kappa shape index (κ1) is 21.2. The van der Waals surface area contributed by atoms with Crippen LogP contribution in [0, 0.1) is 5.41 Å². The number of imidazole rings is 1. The van der Waals surface area contributed by atoms with Gasteiger partial charge in [-0.3, -0.25) is 10.2 Å². The molecule has 6 N–H and O–H groups in total. The zero-order chi connectivity index (χ0) is 22.9. The Kier molecular flexibility index (Phi) is 5.56. The van der Waals surface area contributed by atoms with Crippen LogP contribution in [0.15, 0.2) is 60.7 Å². The highest BCUT2D eigenvalue weighted by Crippen LogP contribution is 2.25. The molecule has 0 saturated heterocycles. The fraction of sp³-hybridized carbons (Fsp3) is 0.269. The first-order valence-corrected chi connectivity index (χ1v) is 11.4. The molecule has 1 aliphatic carbocycles. The van der Waals surface area contributed by atoms with Crippen LogP contribution in [0.3, 0.4) is 0 Å². The number of nitrogens with one attached hydrogen (secondary N) is 2. The highest BCUT2D eigenvalue weighted by atomic mass is 16.2. The molecule has 0 radical (unpaired) electrons. The molecule has 7 heteroatoms. The highest BCUT2D eigenvalue weighted by Gasteiger charge is 2.24. The molecule has 0 atom stereocenters. The molecule has 168 valence electrons. The molecular formula is C26H28N6O. The number of carbonyl (C=O) groups excluding carboxylic acids is 1. The van der Waals surface area contributed by atoms with Gasteiger partial charge in [0.1, 0.15) is 5.84 Å². The van der Waals surface area contributed by atoms with E-state index in [0.29, 0.717) is 23.4 Å². The molecular weight excluding hydrogens is 412 g/mol. The Hall–Kier alpha value is -3.71. The van der Waals surface area contributed by atoms with E-state index < -0.39 is 0 Å². The zero-order valence-electron chi connectivity index (χ0n) is 18.4. The Labute approximate surface area is 192 Å². The van der Waals surface area contributed by atoms with Gasteiger partial charge in [-0.15, -0.1) is 0 Å². The van der Waals surface area contributed by atoms with Crippen molar-refractivity contribution in [3.63, 3.8) is 0 Å². The first-order valence-electron chi connectivity index (χ1n) is 11.4. The third-order valence-electron chi connectivity index (χ3n) is 6.58. The van der Waals surface area contributed by atoms with Crippen molar-refractivity contribution in [2.24, 2.45) is 11.5 Å². The lowest BCUT2D eigenvalue weighted by Crippen LogP contribution is -2.41. The minimum atomic E-state index is -0.184. The summed E-state index contributed by atoms with van der Waals surface area (Å²) in [7, 11) is 0. The monoisotopic (exact) mass is 440 g/mol. The van der Waals surface area contributed by atoms with Gasteiger partial charge < -0.3 is 21.4 Å². The maximum absolute atomic E-state index is 13.4. The number of hydrogen-bond acceptors (Lipinski definition) is 4. The molecule has 3 aromatic carbocycles. The second kappa shape index (κ2) is 8.67. The van der Waals surface area contributed by atoms with Gasteiger partial charge >= 0.3 is 0 Å². The number of amidine groups is 1. The van der Waals surface area contributed by atoms with Crippen molar-refractivity contribution in [1.29, 1.82) is 5.41 Å². The number of amides is 1. The number of nitrogens with zero attached hydrogens (tertiary/aromatic N) is 2. The quantitative estimate of drug-likeness (QED) is 0.280. The summed E-state index contributed by atoms with van der Waals surface area (Å²) in [5.41, 5.74) is 15.0. The van der Waals surface area contributed by atoms with Crippen LogP contribution in [0.25, 0.3) is 21.8 Å². The lowest BCUT2D eigenvalue weighted by molar-refractivity contribution is 0.0912. The van der Waals surface area contributed by atoms with Crippen molar-refractivity contribution in [2.75, 3.05) is 0 Å². The Balaban J connectivity index is 1.57. The molecule has 4 aromatic rings. The molecule has 1 fully saturated rings. The molecule has 1 aliphatic rings. The van der Waals surface area contributed by atoms with Gasteiger partial charge in [-0.05, 0) is 60.2 Å². The van der Waals surface area contributed by atoms with Crippen molar-refractivity contribution in [3.8, 4) is 0 Å². The van der Waals surface area contributed by atoms with Gasteiger partial charge in [-0.2, -0.15) is 0 Å². The van der Waals surface area contributed by atoms with Crippen molar-refractivity contribution < 1.29 is 4.79 Å². The van der Waals surface area contributed by atoms with E-state index in [0.717, 1.165) is 47.5 Å². The van der Waals surface area contributed by atoms with Crippen LogP contribution in [0.2, 0.25) is 0 Å². The highest BCUT2D eigenvalue weighted by molar-refractivity contribution is 6.00. The van der Waals surface area contributed by atoms with Gasteiger partial charge in [0.05, 0.1) is 17.6 Å². The van der Waals surface area contributed by atoms with Crippen molar-refractivity contribution >= 4 is 33.5 Å². The number of nitrogens with two attached hydrogens (primary N) is 2. The predicted octanol–water partition coefficient (Wildman–Crippen LogP) is 3.52. The number of nitrogen functional groups attached to an aromatic ring is 1. The van der Waals surface area contributed by atoms with Gasteiger partial charge in [0, 0.05) is 17.6 Å². The average Bonchev–Trinajstić information content (AvgIpc) is 3.18. The van der Waals surface area contributed by atoms with Gasteiger partial charge in [0.25, 0.3) is 5.91 Å². The molecule has 1 amide bonds. The number of rotatable bonds is 5. The standard InChI is InChI=1S/C26H28N6O/c27-19-9-11-20(12-10-19)30-26(33)25-31-22-13-8-17(24(28)29)14-23(22)32(25)15-18-6-3-5-16-4-1-2-7-21(16)18/h1-8,13-14,19-20H,9-12,15,27H2,(H3,28,29)(H,30,33)/t19-,20-. The fourth-order valence-corrected chi connectivity index (χ4v) is 4.74. The smallest absolute Gasteiger partial charge is 0.287 e. The van der Waals surface area contributed by atoms with E-state index in [1.54, 1.807) is 6.07 Å². The van der Waals surface area contributed by atoms with Gasteiger partial charge in [-0.1, -0.05) is 42.5 Å². The van der Waals surface area contributed by atoms with E-state index in [1.807, 2.05) is 34.9 Å². The molecule has 1 heterocycles. The molecule has 1 aromatic heterocycles. The summed E-state index contributed by atoms with van der Waals surface area (Å²) >= 11 is 0. The maximum atomic E-state index is 13.4. The topological polar surface area (TPSA) is 123 Å². The minimum Gasteiger partial charge on any atom is -0.384 e. The van der Waals surface area contributed by atoms with Crippen molar-refractivity contribution in [2.45, 2.75) is 44.3 Å². The normalized spacial score (nSPS) is 18.5. The van der Waals surface area contributed by atoms with Crippen LogP contribution in [-0.4, -0.2) is 33.4 Å². The molecule has 0 spiro atoms. The van der Waals surface area contributed by atoms with Crippen LogP contribution in [0.1, 0.15) is 47.4 Å². The third kappa shape index (κ3) is 4.19. The Bertz CT molecular complexity index is 1340. The maximum Gasteiger partial charge on any atom is 0.287 e. The summed E-state index contributed by atoms with van der Waals surface area (Å²) in [5.74, 6) is 0.171. The lowest BCUT2D eigenvalue weighted by atomic mass is 9.92. The Morgan fingerprint density at radius 2 is 1.82 bits per heavy atom. The summed E-state index contributed by atoms with van der Waals surface area (Å²) in [6.07, 6.45) is 3.59. The van der Waals surface area contributed by atoms with Gasteiger partial charge in [-0.25, -0.2) is 4.98 Å².